The number of thioether (sulfide) groups is 1. The normalized spacial score (nSPS) is 12.1. The minimum Gasteiger partial charge on any atom is -0.478 e. The monoisotopic (exact) mass is 497 g/mol. The first kappa shape index (κ1) is 23.6. The molecule has 0 saturated carbocycles. The van der Waals surface area contributed by atoms with Gasteiger partial charge in [-0.3, -0.25) is 0 Å². The lowest BCUT2D eigenvalue weighted by atomic mass is 9.91. The molecule has 1 aromatic carbocycles. The van der Waals surface area contributed by atoms with Crippen molar-refractivity contribution < 1.29 is 31.9 Å². The van der Waals surface area contributed by atoms with Crippen LogP contribution >= 0.6 is 27.7 Å². The SMILES string of the molecule is CC(C)Cc1c(CSc2ccc(Br)cc2)c(C(F)(F)F)nc(C(F)F)c1C(=O)O. The third kappa shape index (κ3) is 5.91. The molecular weight excluding hydrogens is 481 g/mol. The van der Waals surface area contributed by atoms with Crippen molar-refractivity contribution in [3.8, 4) is 0 Å². The molecule has 0 fully saturated rings. The number of carboxylic acid groups (broad SMARTS) is 1. The summed E-state index contributed by atoms with van der Waals surface area (Å²) in [5, 5.41) is 9.48. The van der Waals surface area contributed by atoms with Gasteiger partial charge in [0, 0.05) is 15.1 Å². The maximum absolute atomic E-state index is 13.7. The number of nitrogens with zero attached hydrogens (tertiary/aromatic N) is 1. The molecule has 0 aliphatic carbocycles. The largest absolute Gasteiger partial charge is 0.478 e. The highest BCUT2D eigenvalue weighted by Crippen LogP contribution is 2.40. The number of aromatic nitrogens is 1. The Labute approximate surface area is 176 Å². The van der Waals surface area contributed by atoms with E-state index in [0.29, 0.717) is 4.90 Å². The smallest absolute Gasteiger partial charge is 0.433 e. The molecule has 0 unspecified atom stereocenters. The van der Waals surface area contributed by atoms with Crippen molar-refractivity contribution in [2.75, 3.05) is 0 Å². The van der Waals surface area contributed by atoms with Crippen LogP contribution in [0.4, 0.5) is 22.0 Å². The van der Waals surface area contributed by atoms with Gasteiger partial charge >= 0.3 is 12.1 Å². The Morgan fingerprint density at radius 1 is 1.17 bits per heavy atom. The Morgan fingerprint density at radius 3 is 2.21 bits per heavy atom. The number of aromatic carboxylic acids is 1. The average Bonchev–Trinajstić information content (AvgIpc) is 2.59. The molecule has 1 N–H and O–H groups in total. The molecule has 3 nitrogen and oxygen atoms in total. The summed E-state index contributed by atoms with van der Waals surface area (Å²) < 4.78 is 68.5. The number of pyridine rings is 1. The molecule has 0 saturated heterocycles. The van der Waals surface area contributed by atoms with Gasteiger partial charge in [0.1, 0.15) is 11.4 Å². The molecule has 29 heavy (non-hydrogen) atoms. The van der Waals surface area contributed by atoms with Crippen molar-refractivity contribution >= 4 is 33.7 Å². The van der Waals surface area contributed by atoms with E-state index in [9.17, 15) is 31.9 Å². The summed E-state index contributed by atoms with van der Waals surface area (Å²) in [6.45, 7) is 3.35. The van der Waals surface area contributed by atoms with Gasteiger partial charge in [-0.1, -0.05) is 29.8 Å². The topological polar surface area (TPSA) is 50.2 Å². The van der Waals surface area contributed by atoms with Crippen molar-refractivity contribution in [1.29, 1.82) is 0 Å². The van der Waals surface area contributed by atoms with Crippen molar-refractivity contribution in [2.45, 2.75) is 43.5 Å². The van der Waals surface area contributed by atoms with E-state index in [4.69, 9.17) is 0 Å². The van der Waals surface area contributed by atoms with Gasteiger partial charge in [-0.15, -0.1) is 11.8 Å². The minimum atomic E-state index is -5.00. The Bertz CT molecular complexity index is 886. The van der Waals surface area contributed by atoms with Crippen molar-refractivity contribution in [3.05, 3.63) is 56.8 Å². The lowest BCUT2D eigenvalue weighted by Crippen LogP contribution is -2.21. The van der Waals surface area contributed by atoms with E-state index in [-0.39, 0.29) is 29.2 Å². The van der Waals surface area contributed by atoms with Gasteiger partial charge in [0.05, 0.1) is 5.56 Å². The van der Waals surface area contributed by atoms with E-state index < -0.39 is 35.5 Å². The predicted octanol–water partition coefficient (Wildman–Crippen LogP) is 6.99. The van der Waals surface area contributed by atoms with E-state index in [2.05, 4.69) is 20.9 Å². The minimum absolute atomic E-state index is 0.0941. The molecule has 0 aliphatic heterocycles. The molecule has 1 aromatic heterocycles. The number of rotatable bonds is 7. The van der Waals surface area contributed by atoms with Gasteiger partial charge in [0.15, 0.2) is 0 Å². The fourth-order valence-electron chi connectivity index (χ4n) is 2.80. The summed E-state index contributed by atoms with van der Waals surface area (Å²) in [7, 11) is 0. The highest BCUT2D eigenvalue weighted by molar-refractivity contribution is 9.10. The average molecular weight is 498 g/mol. The zero-order chi connectivity index (χ0) is 21.9. The Kier molecular flexibility index (Phi) is 7.67. The molecule has 0 bridgehead atoms. The molecule has 1 heterocycles. The van der Waals surface area contributed by atoms with Gasteiger partial charge in [-0.2, -0.15) is 13.2 Å². The number of carboxylic acids is 1. The molecule has 0 aliphatic rings. The fraction of sp³-hybridized carbons (Fsp3) is 0.368. The molecule has 10 heteroatoms. The van der Waals surface area contributed by atoms with E-state index in [0.717, 1.165) is 16.2 Å². The maximum Gasteiger partial charge on any atom is 0.433 e. The van der Waals surface area contributed by atoms with E-state index in [1.54, 1.807) is 38.1 Å². The summed E-state index contributed by atoms with van der Waals surface area (Å²) in [5.74, 6) is -2.22. The van der Waals surface area contributed by atoms with Gasteiger partial charge in [-0.05, 0) is 47.7 Å². The van der Waals surface area contributed by atoms with Crippen LogP contribution in [0.25, 0.3) is 0 Å². The summed E-state index contributed by atoms with van der Waals surface area (Å²) in [4.78, 5) is 15.4. The number of alkyl halides is 5. The van der Waals surface area contributed by atoms with Crippen LogP contribution in [0.3, 0.4) is 0 Å². The second-order valence-corrected chi connectivity index (χ2v) is 8.59. The fourth-order valence-corrected chi connectivity index (χ4v) is 4.01. The highest BCUT2D eigenvalue weighted by atomic mass is 79.9. The Balaban J connectivity index is 2.70. The standard InChI is InChI=1S/C19H17BrF5NO2S/c1-9(2)7-12-13(8-29-11-5-3-10(20)4-6-11)16(19(23,24)25)26-15(17(21)22)14(12)18(27)28/h3-6,9,17H,7-8H2,1-2H3,(H,27,28). The number of carbonyl (C=O) groups is 1. The predicted molar refractivity (Wildman–Crippen MR) is 103 cm³/mol. The highest BCUT2D eigenvalue weighted by Gasteiger charge is 2.40. The van der Waals surface area contributed by atoms with Crippen LogP contribution < -0.4 is 0 Å². The molecule has 158 valence electrons. The van der Waals surface area contributed by atoms with Crippen molar-refractivity contribution in [2.24, 2.45) is 5.92 Å². The Morgan fingerprint density at radius 2 is 1.76 bits per heavy atom. The third-order valence-electron chi connectivity index (χ3n) is 3.94. The van der Waals surface area contributed by atoms with Crippen LogP contribution in [0.1, 0.15) is 53.1 Å². The van der Waals surface area contributed by atoms with Crippen LogP contribution in [0.2, 0.25) is 0 Å². The lowest BCUT2D eigenvalue weighted by molar-refractivity contribution is -0.142. The summed E-state index contributed by atoms with van der Waals surface area (Å²) in [5.41, 5.74) is -4.26. The maximum atomic E-state index is 13.7. The second-order valence-electron chi connectivity index (χ2n) is 6.62. The van der Waals surface area contributed by atoms with Crippen molar-refractivity contribution in [1.82, 2.24) is 4.98 Å². The zero-order valence-electron chi connectivity index (χ0n) is 15.4. The molecule has 0 atom stereocenters. The molecule has 0 radical (unpaired) electrons. The van der Waals surface area contributed by atoms with E-state index in [1.807, 2.05) is 0 Å². The number of halogens is 6. The lowest BCUT2D eigenvalue weighted by Gasteiger charge is -2.21. The van der Waals surface area contributed by atoms with Crippen molar-refractivity contribution in [3.63, 3.8) is 0 Å². The van der Waals surface area contributed by atoms with Crippen LogP contribution in [-0.2, 0) is 18.3 Å². The first-order valence-corrected chi connectivity index (χ1v) is 10.2. The van der Waals surface area contributed by atoms with Gasteiger partial charge in [-0.25, -0.2) is 18.6 Å². The summed E-state index contributed by atoms with van der Waals surface area (Å²) in [6.07, 6.45) is -8.54. The third-order valence-corrected chi connectivity index (χ3v) is 5.51. The molecular formula is C19H17BrF5NO2S. The van der Waals surface area contributed by atoms with Gasteiger partial charge in [0.2, 0.25) is 0 Å². The zero-order valence-corrected chi connectivity index (χ0v) is 17.8. The quantitative estimate of drug-likeness (QED) is 0.330. The van der Waals surface area contributed by atoms with E-state index in [1.165, 1.54) is 0 Å². The van der Waals surface area contributed by atoms with Gasteiger partial charge in [0.25, 0.3) is 6.43 Å². The van der Waals surface area contributed by atoms with E-state index >= 15 is 0 Å². The first-order valence-electron chi connectivity index (χ1n) is 8.44. The summed E-state index contributed by atoms with van der Waals surface area (Å²) in [6, 6.07) is 6.79. The molecule has 2 aromatic rings. The second kappa shape index (κ2) is 9.42. The molecule has 2 rings (SSSR count). The van der Waals surface area contributed by atoms with Crippen LogP contribution in [0.15, 0.2) is 33.6 Å². The number of benzene rings is 1. The number of hydrogen-bond donors (Lipinski definition) is 1. The van der Waals surface area contributed by atoms with Crippen LogP contribution in [0, 0.1) is 5.92 Å². The first-order chi connectivity index (χ1) is 13.4. The molecule has 0 spiro atoms. The van der Waals surface area contributed by atoms with Crippen LogP contribution in [-0.4, -0.2) is 16.1 Å². The number of hydrogen-bond acceptors (Lipinski definition) is 3. The van der Waals surface area contributed by atoms with Crippen LogP contribution in [0.5, 0.6) is 0 Å². The molecule has 0 amide bonds. The summed E-state index contributed by atoms with van der Waals surface area (Å²) >= 11 is 4.31. The Hall–Kier alpha value is -1.68. The van der Waals surface area contributed by atoms with Gasteiger partial charge < -0.3 is 5.11 Å².